The van der Waals surface area contributed by atoms with Crippen LogP contribution in [-0.4, -0.2) is 43.9 Å². The molecule has 0 fully saturated rings. The Morgan fingerprint density at radius 3 is 2.00 bits per heavy atom. The van der Waals surface area contributed by atoms with Crippen LogP contribution in [0, 0.1) is 0 Å². The molecule has 7 heteroatoms. The summed E-state index contributed by atoms with van der Waals surface area (Å²) in [4.78, 5) is 36.0. The molecular formula is C16H24N4O3. The maximum atomic E-state index is 11.8. The van der Waals surface area contributed by atoms with Gasteiger partial charge in [0.1, 0.15) is 0 Å². The van der Waals surface area contributed by atoms with E-state index in [1.807, 2.05) is 24.3 Å². The second-order valence-electron chi connectivity index (χ2n) is 4.95. The van der Waals surface area contributed by atoms with Gasteiger partial charge >= 0.3 is 0 Å². The van der Waals surface area contributed by atoms with Gasteiger partial charge in [-0.15, -0.1) is 0 Å². The molecule has 0 aromatic heterocycles. The van der Waals surface area contributed by atoms with Crippen LogP contribution in [-0.2, 0) is 14.4 Å². The first-order valence-electron chi connectivity index (χ1n) is 7.62. The fourth-order valence-electron chi connectivity index (χ4n) is 2.00. The van der Waals surface area contributed by atoms with Gasteiger partial charge in [-0.2, -0.15) is 0 Å². The van der Waals surface area contributed by atoms with Gasteiger partial charge in [-0.3, -0.25) is 14.4 Å². The lowest BCUT2D eigenvalue weighted by atomic mass is 10.2. The first kappa shape index (κ1) is 18.5. The molecule has 0 saturated carbocycles. The lowest BCUT2D eigenvalue weighted by Gasteiger charge is -2.21. The van der Waals surface area contributed by atoms with Gasteiger partial charge in [0.15, 0.2) is 0 Å². The summed E-state index contributed by atoms with van der Waals surface area (Å²) in [6.07, 6.45) is 0. The number of nitrogens with one attached hydrogen (secondary N) is 3. The minimum Gasteiger partial charge on any atom is -0.372 e. The Labute approximate surface area is 136 Å². The van der Waals surface area contributed by atoms with Crippen molar-refractivity contribution in [3.05, 3.63) is 24.3 Å². The van der Waals surface area contributed by atoms with Gasteiger partial charge in [0.25, 0.3) is 0 Å². The smallest absolute Gasteiger partial charge is 0.243 e. The third-order valence-electron chi connectivity index (χ3n) is 3.22. The summed E-state index contributed by atoms with van der Waals surface area (Å²) in [5, 5.41) is 7.50. The topological polar surface area (TPSA) is 90.5 Å². The van der Waals surface area contributed by atoms with Crippen molar-refractivity contribution < 1.29 is 14.4 Å². The number of carbonyl (C=O) groups is 3. The summed E-state index contributed by atoms with van der Waals surface area (Å²) in [5.74, 6) is -1.03. The number of anilines is 2. The molecule has 1 aromatic rings. The van der Waals surface area contributed by atoms with Crippen LogP contribution in [0.5, 0.6) is 0 Å². The van der Waals surface area contributed by atoms with E-state index >= 15 is 0 Å². The molecule has 0 spiro atoms. The molecule has 7 nitrogen and oxygen atoms in total. The van der Waals surface area contributed by atoms with Gasteiger partial charge in [-0.25, -0.2) is 0 Å². The highest BCUT2D eigenvalue weighted by atomic mass is 16.2. The van der Waals surface area contributed by atoms with Gasteiger partial charge < -0.3 is 20.9 Å². The quantitative estimate of drug-likeness (QED) is 0.658. The molecule has 0 bridgehead atoms. The van der Waals surface area contributed by atoms with Crippen molar-refractivity contribution >= 4 is 29.1 Å². The van der Waals surface area contributed by atoms with E-state index in [9.17, 15) is 14.4 Å². The SMILES string of the molecule is CCN(CC)c1ccc(NC(=O)CNC(=O)CNC(C)=O)cc1. The molecule has 0 atom stereocenters. The predicted octanol–water partition coefficient (Wildman–Crippen LogP) is 0.724. The van der Waals surface area contributed by atoms with Crippen LogP contribution in [0.3, 0.4) is 0 Å². The zero-order chi connectivity index (χ0) is 17.2. The van der Waals surface area contributed by atoms with Crippen LogP contribution in [0.4, 0.5) is 11.4 Å². The highest BCUT2D eigenvalue weighted by molar-refractivity contribution is 5.95. The average Bonchev–Trinajstić information content (AvgIpc) is 2.53. The Hall–Kier alpha value is -2.57. The molecule has 0 unspecified atom stereocenters. The number of amides is 3. The van der Waals surface area contributed by atoms with Crippen molar-refractivity contribution in [2.24, 2.45) is 0 Å². The zero-order valence-electron chi connectivity index (χ0n) is 13.8. The number of carbonyl (C=O) groups excluding carboxylic acids is 3. The van der Waals surface area contributed by atoms with E-state index < -0.39 is 5.91 Å². The lowest BCUT2D eigenvalue weighted by Crippen LogP contribution is -2.39. The largest absolute Gasteiger partial charge is 0.372 e. The van der Waals surface area contributed by atoms with Crippen LogP contribution in [0.15, 0.2) is 24.3 Å². The summed E-state index contributed by atoms with van der Waals surface area (Å²) < 4.78 is 0. The van der Waals surface area contributed by atoms with Crippen molar-refractivity contribution in [2.45, 2.75) is 20.8 Å². The number of nitrogens with zero attached hydrogens (tertiary/aromatic N) is 1. The van der Waals surface area contributed by atoms with Crippen LogP contribution < -0.4 is 20.9 Å². The Balaban J connectivity index is 2.42. The maximum absolute atomic E-state index is 11.8. The van der Waals surface area contributed by atoms with E-state index in [1.165, 1.54) is 6.92 Å². The van der Waals surface area contributed by atoms with Gasteiger partial charge in [0.05, 0.1) is 13.1 Å². The Kier molecular flexibility index (Phi) is 7.59. The van der Waals surface area contributed by atoms with E-state index in [1.54, 1.807) is 0 Å². The maximum Gasteiger partial charge on any atom is 0.243 e. The Morgan fingerprint density at radius 2 is 1.48 bits per heavy atom. The standard InChI is InChI=1S/C16H24N4O3/c1-4-20(5-2)14-8-6-13(7-9-14)19-16(23)11-18-15(22)10-17-12(3)21/h6-9H,4-5,10-11H2,1-3H3,(H,17,21)(H,18,22)(H,19,23). The molecule has 0 heterocycles. The molecule has 1 rings (SSSR count). The summed E-state index contributed by atoms with van der Waals surface area (Å²) in [5.41, 5.74) is 1.76. The molecule has 3 amide bonds. The molecule has 23 heavy (non-hydrogen) atoms. The van der Waals surface area contributed by atoms with Gasteiger partial charge in [0.2, 0.25) is 17.7 Å². The molecule has 126 valence electrons. The molecule has 3 N–H and O–H groups in total. The minimum absolute atomic E-state index is 0.138. The van der Waals surface area contributed by atoms with Crippen LogP contribution >= 0.6 is 0 Å². The molecule has 0 aliphatic heterocycles. The predicted molar refractivity (Wildman–Crippen MR) is 90.3 cm³/mol. The number of rotatable bonds is 8. The van der Waals surface area contributed by atoms with Crippen LogP contribution in [0.1, 0.15) is 20.8 Å². The van der Waals surface area contributed by atoms with Crippen molar-refractivity contribution in [2.75, 3.05) is 36.4 Å². The highest BCUT2D eigenvalue weighted by Crippen LogP contribution is 2.17. The van der Waals surface area contributed by atoms with Gasteiger partial charge in [-0.05, 0) is 38.1 Å². The van der Waals surface area contributed by atoms with E-state index in [0.29, 0.717) is 5.69 Å². The van der Waals surface area contributed by atoms with Gasteiger partial charge in [-0.1, -0.05) is 0 Å². The number of hydrogen-bond donors (Lipinski definition) is 3. The molecule has 0 saturated heterocycles. The first-order chi connectivity index (χ1) is 11.0. The average molecular weight is 320 g/mol. The Morgan fingerprint density at radius 1 is 0.913 bits per heavy atom. The summed E-state index contributed by atoms with van der Waals surface area (Å²) in [7, 11) is 0. The van der Waals surface area contributed by atoms with E-state index in [2.05, 4.69) is 34.7 Å². The van der Waals surface area contributed by atoms with Crippen LogP contribution in [0.25, 0.3) is 0 Å². The first-order valence-corrected chi connectivity index (χ1v) is 7.62. The molecule has 0 aliphatic rings. The molecule has 0 aliphatic carbocycles. The van der Waals surface area contributed by atoms with Crippen LogP contribution in [0.2, 0.25) is 0 Å². The summed E-state index contributed by atoms with van der Waals surface area (Å²) in [6.45, 7) is 7.05. The van der Waals surface area contributed by atoms with E-state index in [4.69, 9.17) is 0 Å². The monoisotopic (exact) mass is 320 g/mol. The van der Waals surface area contributed by atoms with Gasteiger partial charge in [0, 0.05) is 31.4 Å². The highest BCUT2D eigenvalue weighted by Gasteiger charge is 2.07. The van der Waals surface area contributed by atoms with E-state index in [0.717, 1.165) is 18.8 Å². The molecular weight excluding hydrogens is 296 g/mol. The van der Waals surface area contributed by atoms with Crippen molar-refractivity contribution in [1.29, 1.82) is 0 Å². The second-order valence-corrected chi connectivity index (χ2v) is 4.95. The van der Waals surface area contributed by atoms with Crippen molar-refractivity contribution in [3.63, 3.8) is 0 Å². The number of hydrogen-bond acceptors (Lipinski definition) is 4. The normalized spacial score (nSPS) is 9.87. The Bertz CT molecular complexity index is 539. The number of benzene rings is 1. The fourth-order valence-corrected chi connectivity index (χ4v) is 2.00. The summed E-state index contributed by atoms with van der Waals surface area (Å²) in [6, 6.07) is 7.53. The molecule has 1 aromatic carbocycles. The minimum atomic E-state index is -0.410. The molecule has 0 radical (unpaired) electrons. The zero-order valence-corrected chi connectivity index (χ0v) is 13.8. The van der Waals surface area contributed by atoms with Crippen molar-refractivity contribution in [3.8, 4) is 0 Å². The fraction of sp³-hybridized carbons (Fsp3) is 0.438. The lowest BCUT2D eigenvalue weighted by molar-refractivity contribution is -0.126. The van der Waals surface area contributed by atoms with E-state index in [-0.39, 0.29) is 24.9 Å². The summed E-state index contributed by atoms with van der Waals surface area (Å²) >= 11 is 0. The third kappa shape index (κ3) is 6.82. The van der Waals surface area contributed by atoms with Crippen molar-refractivity contribution in [1.82, 2.24) is 10.6 Å². The third-order valence-corrected chi connectivity index (χ3v) is 3.22. The second kappa shape index (κ2) is 9.45.